The molecule has 1 unspecified atom stereocenters. The number of aromatic carboxylic acids is 1. The van der Waals surface area contributed by atoms with Gasteiger partial charge in [0, 0.05) is 18.2 Å². The van der Waals surface area contributed by atoms with Crippen molar-refractivity contribution in [1.29, 1.82) is 0 Å². The predicted octanol–water partition coefficient (Wildman–Crippen LogP) is 2.18. The van der Waals surface area contributed by atoms with E-state index in [0.717, 1.165) is 19.3 Å². The fourth-order valence-electron chi connectivity index (χ4n) is 1.90. The van der Waals surface area contributed by atoms with Gasteiger partial charge in [0.25, 0.3) is 0 Å². The number of nitrogens with one attached hydrogen (secondary N) is 1. The summed E-state index contributed by atoms with van der Waals surface area (Å²) < 4.78 is 4.91. The minimum Gasteiger partial charge on any atom is -0.475 e. The van der Waals surface area contributed by atoms with Crippen molar-refractivity contribution in [3.63, 3.8) is 0 Å². The number of carbonyl (C=O) groups is 1. The molecular weight excluding hydrogens is 206 g/mol. The molecule has 1 heterocycles. The molecule has 0 spiro atoms. The molecule has 1 aliphatic carbocycles. The molecule has 0 fully saturated rings. The van der Waals surface area contributed by atoms with E-state index in [9.17, 15) is 4.79 Å². The van der Waals surface area contributed by atoms with E-state index in [1.54, 1.807) is 6.07 Å². The lowest BCUT2D eigenvalue weighted by Crippen LogP contribution is -2.29. The number of allylic oxidation sites excluding steroid dienone is 1. The Hall–Kier alpha value is -1.55. The minimum absolute atomic E-state index is 0.0406. The SMILES string of the molecule is O=C(O)c1occc1CNC1CC=CCC1. The van der Waals surface area contributed by atoms with Crippen molar-refractivity contribution in [2.45, 2.75) is 31.8 Å². The number of hydrogen-bond donors (Lipinski definition) is 2. The number of carboxylic acids is 1. The summed E-state index contributed by atoms with van der Waals surface area (Å²) in [5.41, 5.74) is 0.710. The number of rotatable bonds is 4. The zero-order valence-corrected chi connectivity index (χ0v) is 8.98. The highest BCUT2D eigenvalue weighted by molar-refractivity contribution is 5.86. The molecule has 4 heteroatoms. The molecule has 16 heavy (non-hydrogen) atoms. The summed E-state index contributed by atoms with van der Waals surface area (Å²) in [7, 11) is 0. The van der Waals surface area contributed by atoms with Crippen LogP contribution in [0.15, 0.2) is 28.9 Å². The van der Waals surface area contributed by atoms with E-state index < -0.39 is 5.97 Å². The number of hydrogen-bond acceptors (Lipinski definition) is 3. The molecule has 86 valence electrons. The minimum atomic E-state index is -1.01. The first kappa shape index (κ1) is 11.0. The molecule has 0 saturated carbocycles. The van der Waals surface area contributed by atoms with E-state index in [2.05, 4.69) is 17.5 Å². The standard InChI is InChI=1S/C12H15NO3/c14-12(15)11-9(6-7-16-11)8-13-10-4-2-1-3-5-10/h1-2,6-7,10,13H,3-5,8H2,(H,14,15). The lowest BCUT2D eigenvalue weighted by atomic mass is 10.0. The number of furan rings is 1. The lowest BCUT2D eigenvalue weighted by molar-refractivity contribution is 0.0660. The Labute approximate surface area is 94.0 Å². The van der Waals surface area contributed by atoms with Gasteiger partial charge in [0.15, 0.2) is 0 Å². The van der Waals surface area contributed by atoms with Crippen molar-refractivity contribution in [3.8, 4) is 0 Å². The third kappa shape index (κ3) is 2.52. The maximum absolute atomic E-state index is 10.8. The van der Waals surface area contributed by atoms with Crippen LogP contribution < -0.4 is 5.32 Å². The van der Waals surface area contributed by atoms with E-state index in [1.807, 2.05) is 0 Å². The van der Waals surface area contributed by atoms with Crippen molar-refractivity contribution in [3.05, 3.63) is 35.8 Å². The fourth-order valence-corrected chi connectivity index (χ4v) is 1.90. The van der Waals surface area contributed by atoms with Crippen molar-refractivity contribution < 1.29 is 14.3 Å². The maximum Gasteiger partial charge on any atom is 0.372 e. The first-order valence-electron chi connectivity index (χ1n) is 5.45. The van der Waals surface area contributed by atoms with Crippen LogP contribution in [0.2, 0.25) is 0 Å². The topological polar surface area (TPSA) is 62.5 Å². The highest BCUT2D eigenvalue weighted by atomic mass is 16.4. The molecule has 4 nitrogen and oxygen atoms in total. The Kier molecular flexibility index (Phi) is 3.41. The average Bonchev–Trinajstić information content (AvgIpc) is 2.76. The average molecular weight is 221 g/mol. The first-order valence-corrected chi connectivity index (χ1v) is 5.45. The molecule has 0 amide bonds. The van der Waals surface area contributed by atoms with E-state index in [4.69, 9.17) is 9.52 Å². The van der Waals surface area contributed by atoms with Crippen LogP contribution in [0.3, 0.4) is 0 Å². The van der Waals surface area contributed by atoms with Gasteiger partial charge < -0.3 is 14.8 Å². The summed E-state index contributed by atoms with van der Waals surface area (Å²) in [6.07, 6.45) is 8.97. The third-order valence-corrected chi connectivity index (χ3v) is 2.79. The molecule has 1 aromatic heterocycles. The number of carboxylic acid groups (broad SMARTS) is 1. The molecule has 0 radical (unpaired) electrons. The van der Waals surface area contributed by atoms with E-state index in [0.29, 0.717) is 18.2 Å². The van der Waals surface area contributed by atoms with Crippen molar-refractivity contribution in [2.24, 2.45) is 0 Å². The van der Waals surface area contributed by atoms with Gasteiger partial charge in [-0.2, -0.15) is 0 Å². The Morgan fingerprint density at radius 1 is 1.56 bits per heavy atom. The van der Waals surface area contributed by atoms with E-state index in [1.165, 1.54) is 6.26 Å². The largest absolute Gasteiger partial charge is 0.475 e. The zero-order chi connectivity index (χ0) is 11.4. The highest BCUT2D eigenvalue weighted by Crippen LogP contribution is 2.14. The summed E-state index contributed by atoms with van der Waals surface area (Å²) >= 11 is 0. The quantitative estimate of drug-likeness (QED) is 0.765. The van der Waals surface area contributed by atoms with Gasteiger partial charge >= 0.3 is 5.97 Å². The van der Waals surface area contributed by atoms with Gasteiger partial charge in [0.05, 0.1) is 6.26 Å². The zero-order valence-electron chi connectivity index (χ0n) is 8.98. The predicted molar refractivity (Wildman–Crippen MR) is 59.3 cm³/mol. The van der Waals surface area contributed by atoms with Gasteiger partial charge in [0.1, 0.15) is 0 Å². The highest BCUT2D eigenvalue weighted by Gasteiger charge is 2.15. The molecule has 0 saturated heterocycles. The van der Waals surface area contributed by atoms with Crippen LogP contribution in [0.4, 0.5) is 0 Å². The Morgan fingerprint density at radius 3 is 3.12 bits per heavy atom. The normalized spacial score (nSPS) is 19.9. The van der Waals surface area contributed by atoms with Crippen molar-refractivity contribution in [1.82, 2.24) is 5.32 Å². The van der Waals surface area contributed by atoms with Crippen LogP contribution in [0.1, 0.15) is 35.4 Å². The molecular formula is C12H15NO3. The van der Waals surface area contributed by atoms with Gasteiger partial charge in [-0.25, -0.2) is 4.79 Å². The van der Waals surface area contributed by atoms with Gasteiger partial charge in [-0.15, -0.1) is 0 Å². The van der Waals surface area contributed by atoms with Crippen LogP contribution in [-0.2, 0) is 6.54 Å². The van der Waals surface area contributed by atoms with Crippen LogP contribution in [0.25, 0.3) is 0 Å². The second-order valence-corrected chi connectivity index (χ2v) is 3.94. The van der Waals surface area contributed by atoms with Crippen LogP contribution in [0.5, 0.6) is 0 Å². The van der Waals surface area contributed by atoms with Gasteiger partial charge in [-0.05, 0) is 25.3 Å². The van der Waals surface area contributed by atoms with Crippen LogP contribution in [-0.4, -0.2) is 17.1 Å². The Morgan fingerprint density at radius 2 is 2.44 bits per heavy atom. The van der Waals surface area contributed by atoms with Crippen LogP contribution in [0, 0.1) is 0 Å². The molecule has 0 aliphatic heterocycles. The second kappa shape index (κ2) is 4.99. The van der Waals surface area contributed by atoms with Crippen molar-refractivity contribution in [2.75, 3.05) is 0 Å². The molecule has 2 N–H and O–H groups in total. The van der Waals surface area contributed by atoms with Gasteiger partial charge in [-0.1, -0.05) is 12.2 Å². The second-order valence-electron chi connectivity index (χ2n) is 3.94. The van der Waals surface area contributed by atoms with E-state index >= 15 is 0 Å². The monoisotopic (exact) mass is 221 g/mol. The van der Waals surface area contributed by atoms with Crippen LogP contribution >= 0.6 is 0 Å². The Bertz CT molecular complexity index is 395. The lowest BCUT2D eigenvalue weighted by Gasteiger charge is -2.18. The summed E-state index contributed by atoms with van der Waals surface area (Å²) in [6.45, 7) is 0.552. The van der Waals surface area contributed by atoms with E-state index in [-0.39, 0.29) is 5.76 Å². The molecule has 1 aromatic rings. The Balaban J connectivity index is 1.91. The first-order chi connectivity index (χ1) is 7.77. The summed E-state index contributed by atoms with van der Waals surface area (Å²) in [4.78, 5) is 10.8. The van der Waals surface area contributed by atoms with Gasteiger partial charge in [-0.3, -0.25) is 0 Å². The maximum atomic E-state index is 10.8. The molecule has 0 aromatic carbocycles. The van der Waals surface area contributed by atoms with Gasteiger partial charge in [0.2, 0.25) is 5.76 Å². The third-order valence-electron chi connectivity index (χ3n) is 2.79. The summed E-state index contributed by atoms with van der Waals surface area (Å²) in [6, 6.07) is 2.15. The molecule has 1 atom stereocenters. The molecule has 1 aliphatic rings. The molecule has 0 bridgehead atoms. The smallest absolute Gasteiger partial charge is 0.372 e. The van der Waals surface area contributed by atoms with Crippen molar-refractivity contribution >= 4 is 5.97 Å². The summed E-state index contributed by atoms with van der Waals surface area (Å²) in [5.74, 6) is -0.968. The fraction of sp³-hybridized carbons (Fsp3) is 0.417. The molecule has 2 rings (SSSR count). The summed E-state index contributed by atoms with van der Waals surface area (Å²) in [5, 5.41) is 12.2.